The summed E-state index contributed by atoms with van der Waals surface area (Å²) in [6.45, 7) is 5.61. The number of anilines is 2. The number of carbonyl (C=O) groups is 2. The highest BCUT2D eigenvalue weighted by Crippen LogP contribution is 2.34. The van der Waals surface area contributed by atoms with Gasteiger partial charge in [0.25, 0.3) is 5.91 Å². The monoisotopic (exact) mass is 637 g/mol. The van der Waals surface area contributed by atoms with Crippen LogP contribution < -0.4 is 15.4 Å². The first-order valence-electron chi connectivity index (χ1n) is 14.8. The third kappa shape index (κ3) is 11.4. The quantitative estimate of drug-likeness (QED) is 0.0413. The van der Waals surface area contributed by atoms with Gasteiger partial charge >= 0.3 is 0 Å². The molecule has 2 amide bonds. The van der Waals surface area contributed by atoms with Gasteiger partial charge in [0, 0.05) is 6.07 Å². The van der Waals surface area contributed by atoms with E-state index in [1.807, 2.05) is 0 Å². The molecule has 2 aromatic carbocycles. The molecule has 0 aliphatic heterocycles. The number of aromatic hydroxyl groups is 1. The van der Waals surface area contributed by atoms with Gasteiger partial charge < -0.3 is 25.7 Å². The van der Waals surface area contributed by atoms with Gasteiger partial charge in [0.05, 0.1) is 27.9 Å². The van der Waals surface area contributed by atoms with Crippen LogP contribution in [0.2, 0.25) is 5.02 Å². The van der Waals surface area contributed by atoms with Crippen molar-refractivity contribution in [3.63, 3.8) is 0 Å². The number of carbonyl (C=O) groups excluding carboxylic acids is 2. The Labute approximate surface area is 259 Å². The van der Waals surface area contributed by atoms with Gasteiger partial charge in [-0.15, -0.1) is 0 Å². The minimum atomic E-state index is -4.06. The Morgan fingerprint density at radius 1 is 0.907 bits per heavy atom. The average molecular weight is 638 g/mol. The standard InChI is InChI=1S/C31H44ClN3O7S/c1-4-6-7-8-9-10-11-12-13-14-19-42-23-15-17-24(18-16-23)43(40,41)29(5-2)31(38)33-26-21-28(36)27(20-25(26)32)34-30(37)22(3)35-39/h15-18,20-21,29,36,39H,4-14,19H2,1-3H3,(H,33,38)(H,34,37)/b35-22+. The highest BCUT2D eigenvalue weighted by Gasteiger charge is 2.33. The maximum Gasteiger partial charge on any atom is 0.273 e. The van der Waals surface area contributed by atoms with E-state index in [9.17, 15) is 23.1 Å². The van der Waals surface area contributed by atoms with Gasteiger partial charge in [0.1, 0.15) is 22.5 Å². The lowest BCUT2D eigenvalue weighted by molar-refractivity contribution is -0.116. The van der Waals surface area contributed by atoms with E-state index in [0.717, 1.165) is 18.9 Å². The molecule has 0 bridgehead atoms. The van der Waals surface area contributed by atoms with E-state index in [1.54, 1.807) is 19.1 Å². The molecule has 2 aromatic rings. The Hall–Kier alpha value is -3.31. The van der Waals surface area contributed by atoms with Gasteiger partial charge in [-0.3, -0.25) is 9.59 Å². The largest absolute Gasteiger partial charge is 0.506 e. The molecule has 0 spiro atoms. The lowest BCUT2D eigenvalue weighted by Gasteiger charge is -2.18. The van der Waals surface area contributed by atoms with Crippen LogP contribution in [0.5, 0.6) is 11.5 Å². The lowest BCUT2D eigenvalue weighted by atomic mass is 10.1. The molecule has 0 radical (unpaired) electrons. The Kier molecular flexibility index (Phi) is 15.3. The van der Waals surface area contributed by atoms with Crippen molar-refractivity contribution < 1.29 is 33.1 Å². The molecule has 0 fully saturated rings. The van der Waals surface area contributed by atoms with Gasteiger partial charge in [-0.05, 0) is 50.1 Å². The van der Waals surface area contributed by atoms with Gasteiger partial charge in [-0.1, -0.05) is 88.4 Å². The van der Waals surface area contributed by atoms with Crippen LogP contribution in [-0.4, -0.2) is 48.1 Å². The summed E-state index contributed by atoms with van der Waals surface area (Å²) in [5.41, 5.74) is -0.386. The van der Waals surface area contributed by atoms with Crippen molar-refractivity contribution in [2.45, 2.75) is 102 Å². The third-order valence-corrected chi connectivity index (χ3v) is 9.57. The first-order chi connectivity index (χ1) is 20.5. The van der Waals surface area contributed by atoms with Gasteiger partial charge in [-0.25, -0.2) is 8.42 Å². The molecular formula is C31H44ClN3O7S. The first-order valence-corrected chi connectivity index (χ1v) is 16.8. The maximum absolute atomic E-state index is 13.3. The molecule has 10 nitrogen and oxygen atoms in total. The number of nitrogens with one attached hydrogen (secondary N) is 2. The van der Waals surface area contributed by atoms with E-state index in [4.69, 9.17) is 21.5 Å². The fourth-order valence-electron chi connectivity index (χ4n) is 4.44. The van der Waals surface area contributed by atoms with Crippen LogP contribution in [0, 0.1) is 0 Å². The van der Waals surface area contributed by atoms with E-state index in [1.165, 1.54) is 76.5 Å². The van der Waals surface area contributed by atoms with E-state index >= 15 is 0 Å². The molecule has 2 rings (SSSR count). The summed E-state index contributed by atoms with van der Waals surface area (Å²) in [5, 5.41) is 25.1. The van der Waals surface area contributed by atoms with E-state index in [-0.39, 0.29) is 33.4 Å². The zero-order valence-corrected chi connectivity index (χ0v) is 26.8. The smallest absolute Gasteiger partial charge is 0.273 e. The summed E-state index contributed by atoms with van der Waals surface area (Å²) in [6.07, 6.45) is 12.3. The normalized spacial score (nSPS) is 12.5. The van der Waals surface area contributed by atoms with Crippen LogP contribution in [0.3, 0.4) is 0 Å². The first kappa shape index (κ1) is 35.9. The predicted octanol–water partition coefficient (Wildman–Crippen LogP) is 7.32. The molecule has 238 valence electrons. The molecule has 1 unspecified atom stereocenters. The molecule has 0 saturated heterocycles. The minimum Gasteiger partial charge on any atom is -0.506 e. The number of sulfone groups is 1. The van der Waals surface area contributed by atoms with Gasteiger partial charge in [0.2, 0.25) is 5.91 Å². The Morgan fingerprint density at radius 2 is 1.49 bits per heavy atom. The van der Waals surface area contributed by atoms with Crippen LogP contribution in [0.4, 0.5) is 11.4 Å². The molecule has 4 N–H and O–H groups in total. The molecular weight excluding hydrogens is 594 g/mol. The number of nitrogens with zero attached hydrogens (tertiary/aromatic N) is 1. The molecule has 12 heteroatoms. The van der Waals surface area contributed by atoms with Crippen molar-refractivity contribution in [2.24, 2.45) is 5.16 Å². The third-order valence-electron chi connectivity index (χ3n) is 7.03. The zero-order valence-electron chi connectivity index (χ0n) is 25.2. The number of rotatable bonds is 19. The summed E-state index contributed by atoms with van der Waals surface area (Å²) in [5.74, 6) is -1.49. The summed E-state index contributed by atoms with van der Waals surface area (Å²) in [7, 11) is -4.06. The average Bonchev–Trinajstić information content (AvgIpc) is 2.98. The Bertz CT molecular complexity index is 1330. The number of amides is 2. The molecule has 0 aliphatic carbocycles. The highest BCUT2D eigenvalue weighted by atomic mass is 35.5. The highest BCUT2D eigenvalue weighted by molar-refractivity contribution is 7.92. The number of benzene rings is 2. The molecule has 0 saturated carbocycles. The number of halogens is 1. The fourth-order valence-corrected chi connectivity index (χ4v) is 6.28. The number of phenolic OH excluding ortho intramolecular Hbond substituents is 1. The Balaban J connectivity index is 1.92. The molecule has 0 aromatic heterocycles. The van der Waals surface area contributed by atoms with Crippen LogP contribution in [0.15, 0.2) is 46.4 Å². The van der Waals surface area contributed by atoms with Crippen molar-refractivity contribution in [3.8, 4) is 11.5 Å². The summed E-state index contributed by atoms with van der Waals surface area (Å²) >= 11 is 6.22. The van der Waals surface area contributed by atoms with Crippen LogP contribution in [0.1, 0.15) is 91.4 Å². The molecule has 0 heterocycles. The van der Waals surface area contributed by atoms with Crippen molar-refractivity contribution in [1.82, 2.24) is 0 Å². The van der Waals surface area contributed by atoms with E-state index < -0.39 is 32.7 Å². The summed E-state index contributed by atoms with van der Waals surface area (Å²) in [4.78, 5) is 24.9. The SMILES string of the molecule is CCCCCCCCCCCCOc1ccc(S(=O)(=O)C(CC)C(=O)Nc2cc(O)c(NC(=O)/C(C)=N/O)cc2Cl)cc1. The number of oxime groups is 1. The van der Waals surface area contributed by atoms with Gasteiger partial charge in [-0.2, -0.15) is 0 Å². The number of ether oxygens (including phenoxy) is 1. The second-order valence-electron chi connectivity index (χ2n) is 10.4. The van der Waals surface area contributed by atoms with Crippen molar-refractivity contribution in [2.75, 3.05) is 17.2 Å². The summed E-state index contributed by atoms with van der Waals surface area (Å²) < 4.78 is 32.4. The van der Waals surface area contributed by atoms with E-state index in [0.29, 0.717) is 12.4 Å². The van der Waals surface area contributed by atoms with Crippen LogP contribution >= 0.6 is 11.6 Å². The van der Waals surface area contributed by atoms with Crippen LogP contribution in [0.25, 0.3) is 0 Å². The van der Waals surface area contributed by atoms with Crippen molar-refractivity contribution in [3.05, 3.63) is 41.4 Å². The number of hydrogen-bond acceptors (Lipinski definition) is 8. The maximum atomic E-state index is 13.3. The Morgan fingerprint density at radius 3 is 2.05 bits per heavy atom. The predicted molar refractivity (Wildman–Crippen MR) is 170 cm³/mol. The second-order valence-corrected chi connectivity index (χ2v) is 13.0. The number of hydrogen-bond donors (Lipinski definition) is 4. The van der Waals surface area contributed by atoms with Gasteiger partial charge in [0.15, 0.2) is 9.84 Å². The van der Waals surface area contributed by atoms with Crippen LogP contribution in [-0.2, 0) is 19.4 Å². The molecule has 1 atom stereocenters. The summed E-state index contributed by atoms with van der Waals surface area (Å²) in [6, 6.07) is 8.28. The fraction of sp³-hybridized carbons (Fsp3) is 0.516. The zero-order chi connectivity index (χ0) is 31.8. The van der Waals surface area contributed by atoms with Crippen molar-refractivity contribution >= 4 is 50.3 Å². The molecule has 43 heavy (non-hydrogen) atoms. The number of phenols is 1. The minimum absolute atomic E-state index is 0.0112. The van der Waals surface area contributed by atoms with Crippen molar-refractivity contribution in [1.29, 1.82) is 0 Å². The lowest BCUT2D eigenvalue weighted by Crippen LogP contribution is -2.34. The molecule has 0 aliphatic rings. The second kappa shape index (κ2) is 18.4. The van der Waals surface area contributed by atoms with E-state index in [2.05, 4.69) is 22.7 Å². The number of unbranched alkanes of at least 4 members (excludes halogenated alkanes) is 9. The topological polar surface area (TPSA) is 154 Å².